The lowest BCUT2D eigenvalue weighted by Crippen LogP contribution is -2.41. The van der Waals surface area contributed by atoms with Crippen molar-refractivity contribution in [2.24, 2.45) is 5.92 Å². The van der Waals surface area contributed by atoms with Crippen LogP contribution in [0.15, 0.2) is 24.3 Å². The van der Waals surface area contributed by atoms with Crippen LogP contribution >= 0.6 is 0 Å². The van der Waals surface area contributed by atoms with Gasteiger partial charge in [0.15, 0.2) is 0 Å². The number of rotatable bonds is 3. The monoisotopic (exact) mass is 344 g/mol. The Kier molecular flexibility index (Phi) is 4.79. The molecule has 0 aromatic heterocycles. The van der Waals surface area contributed by atoms with Gasteiger partial charge in [-0.2, -0.15) is 13.2 Å². The molecule has 1 aromatic carbocycles. The quantitative estimate of drug-likeness (QED) is 0.430. The van der Waals surface area contributed by atoms with E-state index < -0.39 is 29.1 Å². The standard InChI is InChI=1S/C18H20F4O2/c1-10(2)16(23)24-17(11(3)4)7-5-6-12-8-15(19)14(9-13(12)17)18(20,21)22/h8-9,11H,1,5-7H2,2-4H3. The van der Waals surface area contributed by atoms with Gasteiger partial charge in [0.1, 0.15) is 11.4 Å². The first-order valence-corrected chi connectivity index (χ1v) is 7.78. The molecule has 0 aliphatic heterocycles. The molecule has 0 saturated carbocycles. The van der Waals surface area contributed by atoms with Gasteiger partial charge in [0.2, 0.25) is 0 Å². The van der Waals surface area contributed by atoms with Gasteiger partial charge in [-0.05, 0) is 55.4 Å². The highest BCUT2D eigenvalue weighted by atomic mass is 19.4. The molecule has 0 spiro atoms. The molecule has 6 heteroatoms. The van der Waals surface area contributed by atoms with Crippen LogP contribution in [0.1, 0.15) is 50.3 Å². The van der Waals surface area contributed by atoms with E-state index in [1.54, 1.807) is 13.8 Å². The van der Waals surface area contributed by atoms with E-state index in [4.69, 9.17) is 4.74 Å². The number of carbonyl (C=O) groups is 1. The van der Waals surface area contributed by atoms with Crippen LogP contribution in [0.5, 0.6) is 0 Å². The van der Waals surface area contributed by atoms with E-state index in [-0.39, 0.29) is 17.1 Å². The normalized spacial score (nSPS) is 20.7. The van der Waals surface area contributed by atoms with E-state index in [1.807, 2.05) is 0 Å². The third-order valence-corrected chi connectivity index (χ3v) is 4.50. The number of hydrogen-bond donors (Lipinski definition) is 0. The molecule has 2 nitrogen and oxygen atoms in total. The van der Waals surface area contributed by atoms with Gasteiger partial charge < -0.3 is 4.74 Å². The third kappa shape index (κ3) is 3.19. The molecule has 0 fully saturated rings. The van der Waals surface area contributed by atoms with Crippen LogP contribution in [0.3, 0.4) is 0 Å². The first-order chi connectivity index (χ1) is 11.0. The first-order valence-electron chi connectivity index (χ1n) is 7.78. The van der Waals surface area contributed by atoms with E-state index in [9.17, 15) is 22.4 Å². The number of benzene rings is 1. The Balaban J connectivity index is 2.66. The summed E-state index contributed by atoms with van der Waals surface area (Å²) in [4.78, 5) is 12.1. The molecule has 1 aromatic rings. The summed E-state index contributed by atoms with van der Waals surface area (Å²) in [7, 11) is 0. The third-order valence-electron chi connectivity index (χ3n) is 4.50. The van der Waals surface area contributed by atoms with Crippen molar-refractivity contribution in [2.75, 3.05) is 0 Å². The summed E-state index contributed by atoms with van der Waals surface area (Å²) in [6, 6.07) is 1.72. The van der Waals surface area contributed by atoms with Gasteiger partial charge in [0.25, 0.3) is 0 Å². The Morgan fingerprint density at radius 1 is 1.33 bits per heavy atom. The fourth-order valence-electron chi connectivity index (χ4n) is 3.18. The number of hydrogen-bond acceptors (Lipinski definition) is 2. The molecule has 0 radical (unpaired) electrons. The zero-order chi connectivity index (χ0) is 18.3. The summed E-state index contributed by atoms with van der Waals surface area (Å²) in [5.41, 5.74) is -1.68. The van der Waals surface area contributed by atoms with Gasteiger partial charge in [-0.25, -0.2) is 9.18 Å². The topological polar surface area (TPSA) is 26.3 Å². The molecule has 0 heterocycles. The number of ether oxygens (including phenoxy) is 1. The van der Waals surface area contributed by atoms with Crippen LogP contribution in [-0.2, 0) is 27.7 Å². The van der Waals surface area contributed by atoms with Crippen molar-refractivity contribution in [3.8, 4) is 0 Å². The average Bonchev–Trinajstić information content (AvgIpc) is 2.44. The van der Waals surface area contributed by atoms with Crippen molar-refractivity contribution in [1.82, 2.24) is 0 Å². The zero-order valence-corrected chi connectivity index (χ0v) is 13.9. The van der Waals surface area contributed by atoms with Crippen LogP contribution in [0.2, 0.25) is 0 Å². The molecule has 1 unspecified atom stereocenters. The maximum atomic E-state index is 13.9. The molecule has 0 amide bonds. The van der Waals surface area contributed by atoms with Crippen molar-refractivity contribution in [3.05, 3.63) is 46.8 Å². The average molecular weight is 344 g/mol. The number of alkyl halides is 3. The number of fused-ring (bicyclic) bond motifs is 1. The predicted octanol–water partition coefficient (Wildman–Crippen LogP) is 5.15. The maximum absolute atomic E-state index is 13.9. The highest BCUT2D eigenvalue weighted by Crippen LogP contribution is 2.46. The molecule has 1 atom stereocenters. The lowest BCUT2D eigenvalue weighted by molar-refractivity contribution is -0.164. The maximum Gasteiger partial charge on any atom is 0.419 e. The van der Waals surface area contributed by atoms with Gasteiger partial charge in [-0.15, -0.1) is 0 Å². The fraction of sp³-hybridized carbons (Fsp3) is 0.500. The summed E-state index contributed by atoms with van der Waals surface area (Å²) in [5.74, 6) is -2.23. The predicted molar refractivity (Wildman–Crippen MR) is 81.8 cm³/mol. The summed E-state index contributed by atoms with van der Waals surface area (Å²) in [6.45, 7) is 8.55. The van der Waals surface area contributed by atoms with Crippen molar-refractivity contribution < 1.29 is 27.1 Å². The number of esters is 1. The molecular weight excluding hydrogens is 324 g/mol. The Morgan fingerprint density at radius 2 is 1.96 bits per heavy atom. The van der Waals surface area contributed by atoms with Crippen LogP contribution in [0.4, 0.5) is 17.6 Å². The Morgan fingerprint density at radius 3 is 2.46 bits per heavy atom. The van der Waals surface area contributed by atoms with Crippen molar-refractivity contribution in [1.29, 1.82) is 0 Å². The first kappa shape index (κ1) is 18.5. The van der Waals surface area contributed by atoms with Crippen LogP contribution in [0, 0.1) is 11.7 Å². The van der Waals surface area contributed by atoms with Gasteiger partial charge in [0, 0.05) is 5.57 Å². The fourth-order valence-corrected chi connectivity index (χ4v) is 3.18. The number of aryl methyl sites for hydroxylation is 1. The van der Waals surface area contributed by atoms with Gasteiger partial charge >= 0.3 is 12.1 Å². The zero-order valence-electron chi connectivity index (χ0n) is 13.9. The molecule has 0 bridgehead atoms. The minimum absolute atomic E-state index is 0.167. The second-order valence-electron chi connectivity index (χ2n) is 6.55. The second-order valence-corrected chi connectivity index (χ2v) is 6.55. The molecule has 24 heavy (non-hydrogen) atoms. The SMILES string of the molecule is C=C(C)C(=O)OC1(C(C)C)CCCc2cc(F)c(C(F)(F)F)cc21. The molecule has 1 aliphatic rings. The van der Waals surface area contributed by atoms with Crippen LogP contribution < -0.4 is 0 Å². The second kappa shape index (κ2) is 6.22. The lowest BCUT2D eigenvalue weighted by Gasteiger charge is -2.42. The van der Waals surface area contributed by atoms with E-state index >= 15 is 0 Å². The lowest BCUT2D eigenvalue weighted by atomic mass is 9.72. The van der Waals surface area contributed by atoms with Gasteiger partial charge in [0.05, 0.1) is 5.56 Å². The Labute approximate surface area is 138 Å². The smallest absolute Gasteiger partial charge is 0.419 e. The highest BCUT2D eigenvalue weighted by Gasteiger charge is 2.45. The van der Waals surface area contributed by atoms with Crippen molar-refractivity contribution >= 4 is 5.97 Å². The van der Waals surface area contributed by atoms with Crippen molar-refractivity contribution in [3.63, 3.8) is 0 Å². The highest BCUT2D eigenvalue weighted by molar-refractivity contribution is 5.87. The summed E-state index contributed by atoms with van der Waals surface area (Å²) < 4.78 is 58.8. The van der Waals surface area contributed by atoms with E-state index in [1.165, 1.54) is 6.92 Å². The molecule has 1 aliphatic carbocycles. The molecule has 0 N–H and O–H groups in total. The summed E-state index contributed by atoms with van der Waals surface area (Å²) in [6.07, 6.45) is -3.37. The minimum Gasteiger partial charge on any atom is -0.451 e. The van der Waals surface area contributed by atoms with E-state index in [0.29, 0.717) is 24.8 Å². The summed E-state index contributed by atoms with van der Waals surface area (Å²) in [5, 5.41) is 0. The van der Waals surface area contributed by atoms with E-state index in [2.05, 4.69) is 6.58 Å². The van der Waals surface area contributed by atoms with Gasteiger partial charge in [-0.3, -0.25) is 0 Å². The van der Waals surface area contributed by atoms with Crippen LogP contribution in [-0.4, -0.2) is 5.97 Å². The number of halogens is 4. The van der Waals surface area contributed by atoms with Crippen LogP contribution in [0.25, 0.3) is 0 Å². The minimum atomic E-state index is -4.81. The largest absolute Gasteiger partial charge is 0.451 e. The molecule has 2 rings (SSSR count). The number of carbonyl (C=O) groups excluding carboxylic acids is 1. The van der Waals surface area contributed by atoms with Crippen molar-refractivity contribution in [2.45, 2.75) is 51.8 Å². The Hall–Kier alpha value is -1.85. The van der Waals surface area contributed by atoms with E-state index in [0.717, 1.165) is 12.1 Å². The molecule has 0 saturated heterocycles. The Bertz CT molecular complexity index is 676. The molecular formula is C18H20F4O2. The summed E-state index contributed by atoms with van der Waals surface area (Å²) >= 11 is 0. The molecule has 132 valence electrons. The van der Waals surface area contributed by atoms with Gasteiger partial charge in [-0.1, -0.05) is 20.4 Å².